The zero-order chi connectivity index (χ0) is 15.1. The first-order chi connectivity index (χ1) is 9.26. The molecule has 5 N–H and O–H groups in total. The van der Waals surface area contributed by atoms with E-state index in [1.807, 2.05) is 0 Å². The molecule has 0 spiro atoms. The van der Waals surface area contributed by atoms with Crippen molar-refractivity contribution in [3.05, 3.63) is 30.3 Å². The Hall–Kier alpha value is -2.12. The number of benzene rings is 2. The molecule has 2 aromatic rings. The van der Waals surface area contributed by atoms with Crippen LogP contribution in [0.15, 0.2) is 40.1 Å². The average Bonchev–Trinajstić information content (AvgIpc) is 2.47. The van der Waals surface area contributed by atoms with Gasteiger partial charge in [0.2, 0.25) is 9.84 Å². The fourth-order valence-electron chi connectivity index (χ4n) is 1.95. The van der Waals surface area contributed by atoms with E-state index < -0.39 is 21.8 Å². The topological polar surface area (TPSA) is 123 Å². The SMILES string of the molecule is CC(N)C(=O)O.Nc1ccc2c3cccc(c13)S2(=O)=O. The minimum Gasteiger partial charge on any atom is -0.480 e. The molecule has 1 unspecified atom stereocenters. The molecule has 0 saturated heterocycles. The molecule has 0 saturated carbocycles. The Balaban J connectivity index is 0.000000212. The van der Waals surface area contributed by atoms with E-state index in [-0.39, 0.29) is 0 Å². The van der Waals surface area contributed by atoms with Crippen LogP contribution in [0.3, 0.4) is 0 Å². The first-order valence-electron chi connectivity index (χ1n) is 5.81. The fraction of sp³-hybridized carbons (Fsp3) is 0.154. The molecule has 1 heterocycles. The van der Waals surface area contributed by atoms with Gasteiger partial charge in [-0.1, -0.05) is 12.1 Å². The third kappa shape index (κ3) is 2.10. The number of carboxylic acid groups (broad SMARTS) is 1. The molecule has 1 aliphatic heterocycles. The van der Waals surface area contributed by atoms with Crippen molar-refractivity contribution in [2.45, 2.75) is 22.8 Å². The lowest BCUT2D eigenvalue weighted by Crippen LogP contribution is -2.25. The lowest BCUT2D eigenvalue weighted by molar-refractivity contribution is -0.138. The highest BCUT2D eigenvalue weighted by molar-refractivity contribution is 7.92. The first-order valence-corrected chi connectivity index (χ1v) is 7.30. The zero-order valence-electron chi connectivity index (χ0n) is 10.7. The van der Waals surface area contributed by atoms with E-state index in [0.29, 0.717) is 20.9 Å². The van der Waals surface area contributed by atoms with E-state index >= 15 is 0 Å². The van der Waals surface area contributed by atoms with Gasteiger partial charge in [0.1, 0.15) is 6.04 Å². The standard InChI is InChI=1S/C10H7NO2S.C3H7NO2/c11-7-4-5-8-6-2-1-3-9(10(6)7)14(8,12)13;1-2(4)3(5)6/h1-5H,11H2;2H,4H2,1H3,(H,5,6). The second-order valence-corrected chi connectivity index (χ2v) is 6.35. The van der Waals surface area contributed by atoms with Crippen molar-refractivity contribution in [2.75, 3.05) is 5.73 Å². The second kappa shape index (κ2) is 4.77. The Morgan fingerprint density at radius 1 is 1.20 bits per heavy atom. The molecule has 0 fully saturated rings. The maximum absolute atomic E-state index is 11.9. The Morgan fingerprint density at radius 2 is 1.80 bits per heavy atom. The van der Waals surface area contributed by atoms with Crippen molar-refractivity contribution >= 4 is 32.3 Å². The van der Waals surface area contributed by atoms with Crippen LogP contribution in [0.5, 0.6) is 0 Å². The lowest BCUT2D eigenvalue weighted by Gasteiger charge is -1.96. The predicted molar refractivity (Wildman–Crippen MR) is 75.1 cm³/mol. The number of sulfone groups is 1. The number of carbonyl (C=O) groups is 1. The molecule has 0 aromatic heterocycles. The van der Waals surface area contributed by atoms with Crippen LogP contribution >= 0.6 is 0 Å². The molecule has 0 aliphatic carbocycles. The number of rotatable bonds is 1. The summed E-state index contributed by atoms with van der Waals surface area (Å²) in [6.07, 6.45) is 0. The maximum atomic E-state index is 11.9. The summed E-state index contributed by atoms with van der Waals surface area (Å²) in [5.41, 5.74) is 11.1. The maximum Gasteiger partial charge on any atom is 0.320 e. The highest BCUT2D eigenvalue weighted by Gasteiger charge is 2.30. The molecular weight excluding hydrogens is 280 g/mol. The van der Waals surface area contributed by atoms with Gasteiger partial charge >= 0.3 is 5.97 Å². The van der Waals surface area contributed by atoms with Crippen molar-refractivity contribution in [1.29, 1.82) is 0 Å². The number of nitrogen functional groups attached to an aromatic ring is 1. The quantitative estimate of drug-likeness (QED) is 0.575. The van der Waals surface area contributed by atoms with Crippen LogP contribution in [0.25, 0.3) is 10.8 Å². The van der Waals surface area contributed by atoms with Gasteiger partial charge in [-0.25, -0.2) is 8.42 Å². The van der Waals surface area contributed by atoms with E-state index in [0.717, 1.165) is 5.39 Å². The van der Waals surface area contributed by atoms with Crippen LogP contribution < -0.4 is 11.5 Å². The number of nitrogens with two attached hydrogens (primary N) is 2. The van der Waals surface area contributed by atoms with Crippen LogP contribution in [-0.4, -0.2) is 25.5 Å². The third-order valence-corrected chi connectivity index (χ3v) is 4.82. The first kappa shape index (κ1) is 14.3. The van der Waals surface area contributed by atoms with Gasteiger partial charge in [0.05, 0.1) is 9.79 Å². The Morgan fingerprint density at radius 3 is 2.30 bits per heavy atom. The summed E-state index contributed by atoms with van der Waals surface area (Å²) in [6, 6.07) is 7.61. The van der Waals surface area contributed by atoms with E-state index in [2.05, 4.69) is 0 Å². The van der Waals surface area contributed by atoms with Gasteiger partial charge in [0, 0.05) is 16.5 Å². The summed E-state index contributed by atoms with van der Waals surface area (Å²) < 4.78 is 23.8. The Bertz CT molecular complexity index is 797. The van der Waals surface area contributed by atoms with E-state index in [1.165, 1.54) is 6.92 Å². The smallest absolute Gasteiger partial charge is 0.320 e. The molecule has 0 amide bonds. The van der Waals surface area contributed by atoms with Crippen molar-refractivity contribution in [3.63, 3.8) is 0 Å². The molecule has 2 aromatic carbocycles. The van der Waals surface area contributed by atoms with Crippen molar-refractivity contribution < 1.29 is 18.3 Å². The van der Waals surface area contributed by atoms with Gasteiger partial charge < -0.3 is 16.6 Å². The van der Waals surface area contributed by atoms with Gasteiger partial charge in [-0.2, -0.15) is 0 Å². The van der Waals surface area contributed by atoms with Gasteiger partial charge in [-0.3, -0.25) is 4.79 Å². The van der Waals surface area contributed by atoms with Crippen LogP contribution in [-0.2, 0) is 14.6 Å². The van der Waals surface area contributed by atoms with Crippen LogP contribution in [0.4, 0.5) is 5.69 Å². The predicted octanol–water partition coefficient (Wildman–Crippen LogP) is 0.986. The Kier molecular flexibility index (Phi) is 3.41. The highest BCUT2D eigenvalue weighted by Crippen LogP contribution is 2.42. The molecule has 0 radical (unpaired) electrons. The van der Waals surface area contributed by atoms with Crippen molar-refractivity contribution in [3.8, 4) is 0 Å². The molecule has 7 heteroatoms. The molecule has 20 heavy (non-hydrogen) atoms. The van der Waals surface area contributed by atoms with Crippen LogP contribution in [0, 0.1) is 0 Å². The van der Waals surface area contributed by atoms with Crippen LogP contribution in [0.1, 0.15) is 6.92 Å². The summed E-state index contributed by atoms with van der Waals surface area (Å²) in [5.74, 6) is -0.963. The number of anilines is 1. The summed E-state index contributed by atoms with van der Waals surface area (Å²) in [4.78, 5) is 10.3. The number of aliphatic carboxylic acids is 1. The molecule has 6 nitrogen and oxygen atoms in total. The minimum absolute atomic E-state index is 0.340. The highest BCUT2D eigenvalue weighted by atomic mass is 32.2. The zero-order valence-corrected chi connectivity index (χ0v) is 11.5. The summed E-state index contributed by atoms with van der Waals surface area (Å²) in [6.45, 7) is 1.42. The number of hydrogen-bond donors (Lipinski definition) is 3. The summed E-state index contributed by atoms with van der Waals surface area (Å²) in [7, 11) is -3.28. The van der Waals surface area contributed by atoms with Crippen molar-refractivity contribution in [1.82, 2.24) is 0 Å². The largest absolute Gasteiger partial charge is 0.480 e. The molecule has 1 atom stereocenters. The van der Waals surface area contributed by atoms with Crippen LogP contribution in [0.2, 0.25) is 0 Å². The van der Waals surface area contributed by atoms with Gasteiger partial charge in [-0.05, 0) is 25.1 Å². The molecular formula is C13H14N2O4S. The molecule has 4 bridgehead atoms. The minimum atomic E-state index is -3.28. The normalized spacial score (nSPS) is 15.7. The third-order valence-electron chi connectivity index (χ3n) is 2.96. The molecule has 3 rings (SSSR count). The van der Waals surface area contributed by atoms with Crippen molar-refractivity contribution in [2.24, 2.45) is 5.73 Å². The average molecular weight is 294 g/mol. The molecule has 106 valence electrons. The van der Waals surface area contributed by atoms with E-state index in [9.17, 15) is 13.2 Å². The number of carboxylic acids is 1. The fourth-order valence-corrected chi connectivity index (χ4v) is 3.65. The second-order valence-electron chi connectivity index (χ2n) is 4.46. The molecule has 1 aliphatic rings. The summed E-state index contributed by atoms with van der Waals surface area (Å²) in [5, 5.41) is 9.28. The monoisotopic (exact) mass is 294 g/mol. The Labute approximate surface area is 115 Å². The van der Waals surface area contributed by atoms with E-state index in [1.54, 1.807) is 30.3 Å². The summed E-state index contributed by atoms with van der Waals surface area (Å²) >= 11 is 0. The van der Waals surface area contributed by atoms with Gasteiger partial charge in [0.15, 0.2) is 0 Å². The van der Waals surface area contributed by atoms with E-state index in [4.69, 9.17) is 16.6 Å². The van der Waals surface area contributed by atoms with Gasteiger partial charge in [-0.15, -0.1) is 0 Å². The van der Waals surface area contributed by atoms with Gasteiger partial charge in [0.25, 0.3) is 0 Å². The lowest BCUT2D eigenvalue weighted by atomic mass is 10.1. The number of hydrogen-bond acceptors (Lipinski definition) is 5.